The predicted molar refractivity (Wildman–Crippen MR) is 139 cm³/mol. The second-order valence-corrected chi connectivity index (χ2v) is 9.08. The van der Waals surface area contributed by atoms with E-state index >= 15 is 0 Å². The van der Waals surface area contributed by atoms with Gasteiger partial charge in [0.2, 0.25) is 0 Å². The van der Waals surface area contributed by atoms with Gasteiger partial charge in [0, 0.05) is 40.3 Å². The molecule has 0 saturated carbocycles. The van der Waals surface area contributed by atoms with E-state index in [4.69, 9.17) is 22.1 Å². The molecular weight excluding hydrogens is 521 g/mol. The van der Waals surface area contributed by atoms with Gasteiger partial charge in [-0.25, -0.2) is 4.98 Å². The molecule has 7 nitrogen and oxygen atoms in total. The standard InChI is InChI=1S/C27H24ClF3N4O3/c1-15(13-36)24(32)18-11-16(2)34-25-17(18)5-3-7-23(25)38-14-19-21(28)8-9-33-22(19)12-35-10-4-6-20(26(35)37)27(29,30)31/h3-11,36H,12-14,32H2,1-2H3/b24-15+. The van der Waals surface area contributed by atoms with Crippen LogP contribution in [0.2, 0.25) is 5.02 Å². The number of alkyl halides is 3. The number of fused-ring (bicyclic) bond motifs is 1. The van der Waals surface area contributed by atoms with Crippen LogP contribution in [0.4, 0.5) is 13.2 Å². The molecule has 0 fully saturated rings. The lowest BCUT2D eigenvalue weighted by Crippen LogP contribution is -2.28. The van der Waals surface area contributed by atoms with Gasteiger partial charge in [-0.15, -0.1) is 0 Å². The number of benzene rings is 1. The fraction of sp³-hybridized carbons (Fsp3) is 0.222. The Morgan fingerprint density at radius 2 is 1.97 bits per heavy atom. The Morgan fingerprint density at radius 3 is 2.68 bits per heavy atom. The van der Waals surface area contributed by atoms with Crippen molar-refractivity contribution in [3.05, 3.63) is 104 Å². The number of hydrogen-bond acceptors (Lipinski definition) is 6. The zero-order valence-electron chi connectivity index (χ0n) is 20.5. The average molecular weight is 545 g/mol. The van der Waals surface area contributed by atoms with Crippen LogP contribution in [0.5, 0.6) is 5.75 Å². The monoisotopic (exact) mass is 544 g/mol. The number of hydrogen-bond donors (Lipinski definition) is 2. The lowest BCUT2D eigenvalue weighted by molar-refractivity contribution is -0.138. The van der Waals surface area contributed by atoms with Gasteiger partial charge in [0.25, 0.3) is 5.56 Å². The van der Waals surface area contributed by atoms with Crippen molar-refractivity contribution in [2.75, 3.05) is 6.61 Å². The van der Waals surface area contributed by atoms with Crippen LogP contribution < -0.4 is 16.0 Å². The van der Waals surface area contributed by atoms with Gasteiger partial charge in [-0.05, 0) is 49.8 Å². The molecule has 4 rings (SSSR count). The van der Waals surface area contributed by atoms with Gasteiger partial charge in [-0.1, -0.05) is 23.7 Å². The van der Waals surface area contributed by atoms with E-state index in [0.717, 1.165) is 16.7 Å². The molecule has 11 heteroatoms. The molecule has 3 aromatic heterocycles. The fourth-order valence-corrected chi connectivity index (χ4v) is 4.21. The molecule has 0 aliphatic carbocycles. The average Bonchev–Trinajstić information content (AvgIpc) is 2.87. The third-order valence-corrected chi connectivity index (χ3v) is 6.38. The second-order valence-electron chi connectivity index (χ2n) is 8.68. The summed E-state index contributed by atoms with van der Waals surface area (Å²) in [5, 5.41) is 10.5. The number of ether oxygens (including phenoxy) is 1. The molecule has 0 atom stereocenters. The molecule has 0 spiro atoms. The summed E-state index contributed by atoms with van der Waals surface area (Å²) >= 11 is 6.42. The van der Waals surface area contributed by atoms with E-state index in [1.807, 2.05) is 19.1 Å². The first-order chi connectivity index (χ1) is 18.0. The van der Waals surface area contributed by atoms with Crippen molar-refractivity contribution in [3.8, 4) is 5.75 Å². The lowest BCUT2D eigenvalue weighted by Gasteiger charge is -2.16. The van der Waals surface area contributed by atoms with Gasteiger partial charge < -0.3 is 20.1 Å². The number of aryl methyl sites for hydroxylation is 1. The van der Waals surface area contributed by atoms with Crippen molar-refractivity contribution < 1.29 is 23.0 Å². The predicted octanol–water partition coefficient (Wildman–Crippen LogP) is 5.08. The van der Waals surface area contributed by atoms with Crippen molar-refractivity contribution in [2.45, 2.75) is 33.2 Å². The Morgan fingerprint density at radius 1 is 1.21 bits per heavy atom. The molecule has 3 N–H and O–H groups in total. The Bertz CT molecular complexity index is 1600. The molecule has 0 unspecified atom stereocenters. The first-order valence-corrected chi connectivity index (χ1v) is 11.9. The van der Waals surface area contributed by atoms with E-state index in [9.17, 15) is 23.1 Å². The highest BCUT2D eigenvalue weighted by molar-refractivity contribution is 6.31. The quantitative estimate of drug-likeness (QED) is 0.336. The zero-order chi connectivity index (χ0) is 27.6. The molecule has 0 saturated heterocycles. The van der Waals surface area contributed by atoms with Crippen LogP contribution in [-0.2, 0) is 19.3 Å². The van der Waals surface area contributed by atoms with E-state index in [1.54, 1.807) is 19.1 Å². The Kier molecular flexibility index (Phi) is 7.75. The molecule has 0 radical (unpaired) electrons. The number of rotatable bonds is 7. The molecular formula is C27H24ClF3N4O3. The van der Waals surface area contributed by atoms with E-state index in [2.05, 4.69) is 9.97 Å². The van der Waals surface area contributed by atoms with E-state index in [-0.39, 0.29) is 30.5 Å². The van der Waals surface area contributed by atoms with Gasteiger partial charge >= 0.3 is 6.18 Å². The molecule has 38 heavy (non-hydrogen) atoms. The molecule has 0 bridgehead atoms. The third kappa shape index (κ3) is 5.51. The minimum absolute atomic E-state index is 0.0826. The summed E-state index contributed by atoms with van der Waals surface area (Å²) in [4.78, 5) is 21.3. The first kappa shape index (κ1) is 27.2. The highest BCUT2D eigenvalue weighted by Gasteiger charge is 2.34. The Hall–Kier alpha value is -3.89. The molecule has 0 amide bonds. The third-order valence-electron chi connectivity index (χ3n) is 6.02. The number of pyridine rings is 3. The number of aliphatic hydroxyl groups is 1. The van der Waals surface area contributed by atoms with Crippen LogP contribution in [0, 0.1) is 6.92 Å². The highest BCUT2D eigenvalue weighted by Crippen LogP contribution is 2.32. The molecule has 4 aromatic rings. The Labute approximate surface area is 221 Å². The lowest BCUT2D eigenvalue weighted by atomic mass is 10.0. The minimum Gasteiger partial charge on any atom is -0.486 e. The summed E-state index contributed by atoms with van der Waals surface area (Å²) in [5.41, 5.74) is 7.51. The summed E-state index contributed by atoms with van der Waals surface area (Å²) in [6.45, 7) is 3.03. The molecule has 198 valence electrons. The fourth-order valence-electron chi connectivity index (χ4n) is 3.99. The Balaban J connectivity index is 1.71. The number of halogens is 4. The first-order valence-electron chi connectivity index (χ1n) is 11.5. The maximum absolute atomic E-state index is 13.2. The largest absolute Gasteiger partial charge is 0.486 e. The molecule has 0 aliphatic rings. The van der Waals surface area contributed by atoms with E-state index in [0.29, 0.717) is 44.7 Å². The SMILES string of the molecule is C/C(CO)=C(\N)c1cc(C)nc2c(OCc3c(Cl)ccnc3Cn3cccc(C(F)(F)F)c3=O)cccc12. The zero-order valence-corrected chi connectivity index (χ0v) is 21.3. The molecule has 3 heterocycles. The van der Waals surface area contributed by atoms with Crippen LogP contribution in [0.15, 0.2) is 65.2 Å². The normalized spacial score (nSPS) is 12.5. The van der Waals surface area contributed by atoms with Crippen molar-refractivity contribution in [1.29, 1.82) is 0 Å². The topological polar surface area (TPSA) is 103 Å². The van der Waals surface area contributed by atoms with Crippen LogP contribution in [0.3, 0.4) is 0 Å². The summed E-state index contributed by atoms with van der Waals surface area (Å²) in [6, 6.07) is 10.6. The number of aromatic nitrogens is 3. The second kappa shape index (κ2) is 10.8. The van der Waals surface area contributed by atoms with Crippen molar-refractivity contribution >= 4 is 28.2 Å². The summed E-state index contributed by atoms with van der Waals surface area (Å²) in [6.07, 6.45) is -2.11. The van der Waals surface area contributed by atoms with Crippen molar-refractivity contribution in [1.82, 2.24) is 14.5 Å². The van der Waals surface area contributed by atoms with Crippen molar-refractivity contribution in [2.24, 2.45) is 5.73 Å². The van der Waals surface area contributed by atoms with Crippen LogP contribution in [0.1, 0.15) is 35.0 Å². The summed E-state index contributed by atoms with van der Waals surface area (Å²) in [7, 11) is 0. The number of para-hydroxylation sites is 1. The number of nitrogens with two attached hydrogens (primary N) is 1. The van der Waals surface area contributed by atoms with Gasteiger partial charge in [0.1, 0.15) is 23.4 Å². The maximum atomic E-state index is 13.2. The van der Waals surface area contributed by atoms with Crippen LogP contribution in [0.25, 0.3) is 16.6 Å². The van der Waals surface area contributed by atoms with E-state index < -0.39 is 17.3 Å². The smallest absolute Gasteiger partial charge is 0.421 e. The van der Waals surface area contributed by atoms with Crippen molar-refractivity contribution in [3.63, 3.8) is 0 Å². The van der Waals surface area contributed by atoms with E-state index in [1.165, 1.54) is 18.5 Å². The maximum Gasteiger partial charge on any atom is 0.421 e. The number of nitrogens with zero attached hydrogens (tertiary/aromatic N) is 3. The molecule has 0 aliphatic heterocycles. The summed E-state index contributed by atoms with van der Waals surface area (Å²) in [5.74, 6) is 0.420. The van der Waals surface area contributed by atoms with Crippen LogP contribution in [-0.4, -0.2) is 26.2 Å². The number of aliphatic hydroxyl groups excluding tert-OH is 1. The minimum atomic E-state index is -4.78. The van der Waals surface area contributed by atoms with Gasteiger partial charge in [-0.2, -0.15) is 13.2 Å². The molecule has 1 aromatic carbocycles. The van der Waals surface area contributed by atoms with Gasteiger partial charge in [0.05, 0.1) is 23.9 Å². The summed E-state index contributed by atoms with van der Waals surface area (Å²) < 4.78 is 46.7. The van der Waals surface area contributed by atoms with Gasteiger partial charge in [-0.3, -0.25) is 9.78 Å². The van der Waals surface area contributed by atoms with Crippen LogP contribution >= 0.6 is 11.6 Å². The van der Waals surface area contributed by atoms with Gasteiger partial charge in [0.15, 0.2) is 0 Å². The highest BCUT2D eigenvalue weighted by atomic mass is 35.5.